The van der Waals surface area contributed by atoms with Crippen LogP contribution in [0.25, 0.3) is 0 Å². The molecule has 1 N–H and O–H groups in total. The van der Waals surface area contributed by atoms with Crippen LogP contribution < -0.4 is 10.2 Å². The van der Waals surface area contributed by atoms with Gasteiger partial charge >= 0.3 is 6.03 Å². The second-order valence-electron chi connectivity index (χ2n) is 4.82. The maximum atomic E-state index is 12.4. The van der Waals surface area contributed by atoms with Gasteiger partial charge < -0.3 is 10.2 Å². The van der Waals surface area contributed by atoms with Crippen LogP contribution >= 0.6 is 0 Å². The van der Waals surface area contributed by atoms with E-state index in [2.05, 4.69) is 18.3 Å². The second-order valence-corrected chi connectivity index (χ2v) is 4.82. The van der Waals surface area contributed by atoms with Gasteiger partial charge in [0.1, 0.15) is 0 Å². The molecule has 2 amide bonds. The largest absolute Gasteiger partial charge is 0.328 e. The zero-order chi connectivity index (χ0) is 13.1. The number of para-hydroxylation sites is 1. The van der Waals surface area contributed by atoms with Crippen LogP contribution in [-0.2, 0) is 6.54 Å². The van der Waals surface area contributed by atoms with E-state index in [0.717, 1.165) is 18.8 Å². The van der Waals surface area contributed by atoms with Gasteiger partial charge in [-0.2, -0.15) is 0 Å². The van der Waals surface area contributed by atoms with E-state index in [-0.39, 0.29) is 6.03 Å². The number of carbonyl (C=O) groups excluding carboxylic acids is 1. The highest BCUT2D eigenvalue weighted by Crippen LogP contribution is 2.24. The fourth-order valence-corrected chi connectivity index (χ4v) is 2.17. The summed E-state index contributed by atoms with van der Waals surface area (Å²) in [4.78, 5) is 16.0. The molecule has 1 aliphatic heterocycles. The Bertz CT molecular complexity index is 433. The van der Waals surface area contributed by atoms with Crippen molar-refractivity contribution in [2.45, 2.75) is 26.4 Å². The van der Waals surface area contributed by atoms with Crippen LogP contribution in [0.5, 0.6) is 0 Å². The smallest absolute Gasteiger partial charge is 0.324 e. The highest BCUT2D eigenvalue weighted by molar-refractivity contribution is 5.93. The quantitative estimate of drug-likeness (QED) is 0.824. The molecule has 1 unspecified atom stereocenters. The molecule has 0 bridgehead atoms. The van der Waals surface area contributed by atoms with E-state index in [1.54, 1.807) is 4.90 Å². The van der Waals surface area contributed by atoms with Gasteiger partial charge in [-0.3, -0.25) is 4.90 Å². The van der Waals surface area contributed by atoms with Crippen molar-refractivity contribution in [2.75, 3.05) is 25.0 Å². The van der Waals surface area contributed by atoms with E-state index in [1.165, 1.54) is 5.56 Å². The number of hydrogen-bond donors (Lipinski definition) is 1. The predicted octanol–water partition coefficient (Wildman–Crippen LogP) is 2.06. The van der Waals surface area contributed by atoms with Gasteiger partial charge in [0.15, 0.2) is 0 Å². The lowest BCUT2D eigenvalue weighted by atomic mass is 10.1. The van der Waals surface area contributed by atoms with Crippen molar-refractivity contribution >= 4 is 11.7 Å². The fraction of sp³-hybridized carbons (Fsp3) is 0.500. The number of fused-ring (bicyclic) bond motifs is 1. The molecule has 1 atom stereocenters. The molecule has 1 aromatic carbocycles. The van der Waals surface area contributed by atoms with Crippen molar-refractivity contribution in [3.05, 3.63) is 29.8 Å². The van der Waals surface area contributed by atoms with E-state index < -0.39 is 0 Å². The Labute approximate surface area is 109 Å². The Kier molecular flexibility index (Phi) is 3.87. The molecule has 4 nitrogen and oxygen atoms in total. The summed E-state index contributed by atoms with van der Waals surface area (Å²) in [6, 6.07) is 8.47. The van der Waals surface area contributed by atoms with Gasteiger partial charge in [-0.1, -0.05) is 18.2 Å². The molecule has 0 radical (unpaired) electrons. The lowest BCUT2D eigenvalue weighted by Crippen LogP contribution is -2.45. The molecule has 0 aliphatic carbocycles. The first-order valence-corrected chi connectivity index (χ1v) is 6.47. The first-order chi connectivity index (χ1) is 8.63. The molecule has 1 heterocycles. The van der Waals surface area contributed by atoms with E-state index in [4.69, 9.17) is 0 Å². The SMILES string of the molecule is CCN(C)C(=O)N1CC(C)NCc2ccccc21. The number of anilines is 1. The van der Waals surface area contributed by atoms with Crippen LogP contribution in [-0.4, -0.2) is 37.1 Å². The molecule has 1 aromatic rings. The summed E-state index contributed by atoms with van der Waals surface area (Å²) in [6.07, 6.45) is 0. The van der Waals surface area contributed by atoms with Crippen LogP contribution in [0, 0.1) is 0 Å². The van der Waals surface area contributed by atoms with Gasteiger partial charge in [-0.05, 0) is 25.5 Å². The van der Waals surface area contributed by atoms with Crippen LogP contribution in [0.4, 0.5) is 10.5 Å². The Morgan fingerprint density at radius 2 is 2.22 bits per heavy atom. The third-order valence-corrected chi connectivity index (χ3v) is 3.41. The Morgan fingerprint density at radius 3 is 2.94 bits per heavy atom. The van der Waals surface area contributed by atoms with E-state index in [0.29, 0.717) is 12.6 Å². The molecule has 0 spiro atoms. The molecule has 98 valence electrons. The topological polar surface area (TPSA) is 35.6 Å². The average Bonchev–Trinajstić information content (AvgIpc) is 2.57. The van der Waals surface area contributed by atoms with Crippen LogP contribution in [0.3, 0.4) is 0 Å². The summed E-state index contributed by atoms with van der Waals surface area (Å²) in [7, 11) is 1.84. The number of urea groups is 1. The third-order valence-electron chi connectivity index (χ3n) is 3.41. The summed E-state index contributed by atoms with van der Waals surface area (Å²) < 4.78 is 0. The normalized spacial score (nSPS) is 19.1. The number of hydrogen-bond acceptors (Lipinski definition) is 2. The maximum Gasteiger partial charge on any atom is 0.324 e. The Balaban J connectivity index is 2.35. The minimum absolute atomic E-state index is 0.0699. The van der Waals surface area contributed by atoms with Gasteiger partial charge in [0.05, 0.1) is 0 Å². The standard InChI is InChI=1S/C14H21N3O/c1-4-16(3)14(18)17-10-11(2)15-9-12-7-5-6-8-13(12)17/h5-8,11,15H,4,9-10H2,1-3H3. The molecule has 0 saturated carbocycles. The van der Waals surface area contributed by atoms with Crippen LogP contribution in [0.1, 0.15) is 19.4 Å². The summed E-state index contributed by atoms with van der Waals surface area (Å²) in [5, 5.41) is 3.43. The lowest BCUT2D eigenvalue weighted by Gasteiger charge is -2.28. The van der Waals surface area contributed by atoms with Gasteiger partial charge in [0.25, 0.3) is 0 Å². The molecule has 0 fully saturated rings. The minimum Gasteiger partial charge on any atom is -0.328 e. The highest BCUT2D eigenvalue weighted by Gasteiger charge is 2.25. The van der Waals surface area contributed by atoms with Gasteiger partial charge in [0.2, 0.25) is 0 Å². The Hall–Kier alpha value is -1.55. The zero-order valence-electron chi connectivity index (χ0n) is 11.3. The summed E-state index contributed by atoms with van der Waals surface area (Å²) >= 11 is 0. The fourth-order valence-electron chi connectivity index (χ4n) is 2.17. The summed E-state index contributed by atoms with van der Waals surface area (Å²) in [6.45, 7) is 6.35. The molecule has 0 aromatic heterocycles. The molecular formula is C14H21N3O. The third kappa shape index (κ3) is 2.48. The van der Waals surface area contributed by atoms with E-state index in [9.17, 15) is 4.79 Å². The van der Waals surface area contributed by atoms with Gasteiger partial charge in [-0.25, -0.2) is 4.79 Å². The number of benzene rings is 1. The van der Waals surface area contributed by atoms with E-state index >= 15 is 0 Å². The molecular weight excluding hydrogens is 226 g/mol. The number of nitrogens with one attached hydrogen (secondary N) is 1. The minimum atomic E-state index is 0.0699. The summed E-state index contributed by atoms with van der Waals surface area (Å²) in [5.74, 6) is 0. The first-order valence-electron chi connectivity index (χ1n) is 6.47. The van der Waals surface area contributed by atoms with Gasteiger partial charge in [0, 0.05) is 38.4 Å². The van der Waals surface area contributed by atoms with Crippen molar-refractivity contribution in [3.8, 4) is 0 Å². The van der Waals surface area contributed by atoms with Gasteiger partial charge in [-0.15, -0.1) is 0 Å². The molecule has 4 heteroatoms. The van der Waals surface area contributed by atoms with Crippen LogP contribution in [0.15, 0.2) is 24.3 Å². The van der Waals surface area contributed by atoms with Crippen molar-refractivity contribution in [2.24, 2.45) is 0 Å². The summed E-state index contributed by atoms with van der Waals surface area (Å²) in [5.41, 5.74) is 2.21. The van der Waals surface area contributed by atoms with Crippen LogP contribution in [0.2, 0.25) is 0 Å². The lowest BCUT2D eigenvalue weighted by molar-refractivity contribution is 0.217. The second kappa shape index (κ2) is 5.40. The number of carbonyl (C=O) groups is 1. The molecule has 1 aliphatic rings. The number of nitrogens with zero attached hydrogens (tertiary/aromatic N) is 2. The zero-order valence-corrected chi connectivity index (χ0v) is 11.3. The highest BCUT2D eigenvalue weighted by atomic mass is 16.2. The number of amides is 2. The Morgan fingerprint density at radius 1 is 1.50 bits per heavy atom. The van der Waals surface area contributed by atoms with E-state index in [1.807, 2.05) is 37.1 Å². The monoisotopic (exact) mass is 247 g/mol. The van der Waals surface area contributed by atoms with Crippen molar-refractivity contribution in [3.63, 3.8) is 0 Å². The molecule has 0 saturated heterocycles. The van der Waals surface area contributed by atoms with Crippen molar-refractivity contribution < 1.29 is 4.79 Å². The van der Waals surface area contributed by atoms with Crippen molar-refractivity contribution in [1.29, 1.82) is 0 Å². The number of rotatable bonds is 1. The molecule has 18 heavy (non-hydrogen) atoms. The average molecular weight is 247 g/mol. The predicted molar refractivity (Wildman–Crippen MR) is 73.8 cm³/mol. The van der Waals surface area contributed by atoms with Crippen molar-refractivity contribution in [1.82, 2.24) is 10.2 Å². The maximum absolute atomic E-state index is 12.4. The molecule has 2 rings (SSSR count). The first kappa shape index (κ1) is 12.9.